The summed E-state index contributed by atoms with van der Waals surface area (Å²) in [6.45, 7) is 0. The number of aliphatic hydroxyl groups excluding tert-OH is 1. The zero-order valence-corrected chi connectivity index (χ0v) is 11.4. The van der Waals surface area contributed by atoms with Gasteiger partial charge in [0.1, 0.15) is 6.10 Å². The topological polar surface area (TPSA) is 46.5 Å². The van der Waals surface area contributed by atoms with Gasteiger partial charge in [0.05, 0.1) is 0 Å². The monoisotopic (exact) mass is 280 g/mol. The summed E-state index contributed by atoms with van der Waals surface area (Å²) in [6.07, 6.45) is 1.02. The highest BCUT2D eigenvalue weighted by Crippen LogP contribution is 2.32. The normalized spacial score (nSPS) is 21.7. The molecule has 0 unspecified atom stereocenters. The Hall–Kier alpha value is -2.23. The lowest BCUT2D eigenvalue weighted by molar-refractivity contribution is -0.149. The van der Waals surface area contributed by atoms with E-state index in [0.29, 0.717) is 0 Å². The second kappa shape index (κ2) is 6.04. The van der Waals surface area contributed by atoms with Gasteiger partial charge in [0.25, 0.3) is 0 Å². The van der Waals surface area contributed by atoms with E-state index in [2.05, 4.69) is 0 Å². The van der Waals surface area contributed by atoms with Crippen LogP contribution in [0.15, 0.2) is 72.8 Å². The number of hydrogen-bond acceptors (Lipinski definition) is 3. The Balaban J connectivity index is 2.05. The second-order valence-corrected chi connectivity index (χ2v) is 5.01. The van der Waals surface area contributed by atoms with Crippen molar-refractivity contribution in [3.8, 4) is 0 Å². The fourth-order valence-corrected chi connectivity index (χ4v) is 2.64. The van der Waals surface area contributed by atoms with Crippen LogP contribution in [-0.4, -0.2) is 23.3 Å². The number of ether oxygens (including phenoxy) is 1. The molecule has 0 amide bonds. The molecule has 3 rings (SSSR count). The lowest BCUT2D eigenvalue weighted by Gasteiger charge is -2.29. The number of aliphatic hydroxyl groups is 1. The minimum Gasteiger partial charge on any atom is -0.365 e. The molecule has 0 aliphatic carbocycles. The lowest BCUT2D eigenvalue weighted by atomic mass is 9.84. The molecule has 3 heteroatoms. The van der Waals surface area contributed by atoms with Crippen molar-refractivity contribution < 1.29 is 14.6 Å². The highest BCUT2D eigenvalue weighted by atomic mass is 16.6. The van der Waals surface area contributed by atoms with Gasteiger partial charge in [-0.1, -0.05) is 60.7 Å². The quantitative estimate of drug-likeness (QED) is 0.940. The molecule has 0 aromatic heterocycles. The maximum atomic E-state index is 12.2. The van der Waals surface area contributed by atoms with E-state index in [-0.39, 0.29) is 11.7 Å². The molecule has 1 aliphatic heterocycles. The standard InChI is InChI=1S/C18H16O3/c19-15-11-12-16(20)21-18(15)17(13-7-3-1-4-8-13)14-9-5-2-6-10-14/h1-12,16-18,20H/t16-,18+/m0/s1. The Labute approximate surface area is 123 Å². The fraction of sp³-hybridized carbons (Fsp3) is 0.167. The highest BCUT2D eigenvalue weighted by Gasteiger charge is 2.34. The molecule has 0 saturated heterocycles. The highest BCUT2D eigenvalue weighted by molar-refractivity contribution is 5.95. The fourth-order valence-electron chi connectivity index (χ4n) is 2.64. The van der Waals surface area contributed by atoms with Gasteiger partial charge in [-0.25, -0.2) is 0 Å². The molecule has 0 spiro atoms. The van der Waals surface area contributed by atoms with Crippen molar-refractivity contribution >= 4 is 5.78 Å². The van der Waals surface area contributed by atoms with Crippen LogP contribution in [-0.2, 0) is 9.53 Å². The molecule has 0 saturated carbocycles. The van der Waals surface area contributed by atoms with Crippen LogP contribution in [0, 0.1) is 0 Å². The summed E-state index contributed by atoms with van der Waals surface area (Å²) in [6, 6.07) is 19.5. The van der Waals surface area contributed by atoms with Crippen LogP contribution in [0.25, 0.3) is 0 Å². The average Bonchev–Trinajstić information content (AvgIpc) is 2.53. The molecular weight excluding hydrogens is 264 g/mol. The lowest BCUT2D eigenvalue weighted by Crippen LogP contribution is -2.37. The predicted molar refractivity (Wildman–Crippen MR) is 79.8 cm³/mol. The molecule has 1 N–H and O–H groups in total. The summed E-state index contributed by atoms with van der Waals surface area (Å²) in [4.78, 5) is 12.2. The van der Waals surface area contributed by atoms with Crippen molar-refractivity contribution in [1.82, 2.24) is 0 Å². The second-order valence-electron chi connectivity index (χ2n) is 5.01. The van der Waals surface area contributed by atoms with E-state index >= 15 is 0 Å². The minimum absolute atomic E-state index is 0.127. The molecule has 2 aromatic carbocycles. The summed E-state index contributed by atoms with van der Waals surface area (Å²) in [7, 11) is 0. The minimum atomic E-state index is -1.04. The first-order valence-electron chi connectivity index (χ1n) is 6.91. The maximum Gasteiger partial charge on any atom is 0.185 e. The van der Waals surface area contributed by atoms with Crippen LogP contribution in [0.2, 0.25) is 0 Å². The van der Waals surface area contributed by atoms with E-state index in [9.17, 15) is 9.90 Å². The molecule has 0 fully saturated rings. The largest absolute Gasteiger partial charge is 0.365 e. The van der Waals surface area contributed by atoms with Gasteiger partial charge in [-0.05, 0) is 23.3 Å². The van der Waals surface area contributed by atoms with Gasteiger partial charge >= 0.3 is 0 Å². The zero-order chi connectivity index (χ0) is 14.7. The summed E-state index contributed by atoms with van der Waals surface area (Å²) < 4.78 is 5.49. The third-order valence-electron chi connectivity index (χ3n) is 3.61. The number of ketones is 1. The summed E-state index contributed by atoms with van der Waals surface area (Å²) in [5, 5.41) is 9.68. The summed E-state index contributed by atoms with van der Waals surface area (Å²) in [5.74, 6) is -0.363. The van der Waals surface area contributed by atoms with Crippen molar-refractivity contribution in [3.63, 3.8) is 0 Å². The SMILES string of the molecule is O=C1C=C[C@@H](O)O[C@H]1C(c1ccccc1)c1ccccc1. The van der Waals surface area contributed by atoms with Gasteiger partial charge < -0.3 is 9.84 Å². The molecule has 2 aromatic rings. The van der Waals surface area contributed by atoms with Crippen molar-refractivity contribution in [1.29, 1.82) is 0 Å². The summed E-state index contributed by atoms with van der Waals surface area (Å²) in [5.41, 5.74) is 1.98. The van der Waals surface area contributed by atoms with Gasteiger partial charge in [-0.3, -0.25) is 4.79 Å². The van der Waals surface area contributed by atoms with E-state index in [1.165, 1.54) is 12.2 Å². The van der Waals surface area contributed by atoms with Crippen LogP contribution in [0.3, 0.4) is 0 Å². The van der Waals surface area contributed by atoms with E-state index in [0.717, 1.165) is 11.1 Å². The van der Waals surface area contributed by atoms with E-state index in [4.69, 9.17) is 4.74 Å². The Morgan fingerprint density at radius 1 is 0.905 bits per heavy atom. The number of rotatable bonds is 3. The maximum absolute atomic E-state index is 12.2. The number of hydrogen-bond donors (Lipinski definition) is 1. The van der Waals surface area contributed by atoms with Crippen LogP contribution >= 0.6 is 0 Å². The van der Waals surface area contributed by atoms with Crippen LogP contribution in [0.4, 0.5) is 0 Å². The van der Waals surface area contributed by atoms with Gasteiger partial charge in [-0.15, -0.1) is 0 Å². The van der Waals surface area contributed by atoms with Gasteiger partial charge in [0.15, 0.2) is 12.1 Å². The van der Waals surface area contributed by atoms with Crippen molar-refractivity contribution in [2.24, 2.45) is 0 Å². The van der Waals surface area contributed by atoms with Crippen LogP contribution < -0.4 is 0 Å². The Morgan fingerprint density at radius 2 is 1.43 bits per heavy atom. The molecule has 0 bridgehead atoms. The van der Waals surface area contributed by atoms with Crippen molar-refractivity contribution in [2.75, 3.05) is 0 Å². The van der Waals surface area contributed by atoms with Gasteiger partial charge in [0.2, 0.25) is 0 Å². The molecule has 2 atom stereocenters. The number of benzene rings is 2. The molecule has 1 aliphatic rings. The molecule has 21 heavy (non-hydrogen) atoms. The first kappa shape index (κ1) is 13.7. The van der Waals surface area contributed by atoms with E-state index < -0.39 is 12.4 Å². The first-order chi connectivity index (χ1) is 10.3. The van der Waals surface area contributed by atoms with E-state index in [1.807, 2.05) is 60.7 Å². The van der Waals surface area contributed by atoms with Crippen molar-refractivity contribution in [2.45, 2.75) is 18.3 Å². The Bertz CT molecular complexity index is 595. The predicted octanol–water partition coefficient (Wildman–Crippen LogP) is 2.66. The summed E-state index contributed by atoms with van der Waals surface area (Å²) >= 11 is 0. The molecule has 106 valence electrons. The van der Waals surface area contributed by atoms with Crippen LogP contribution in [0.1, 0.15) is 17.0 Å². The molecule has 1 heterocycles. The molecular formula is C18H16O3. The van der Waals surface area contributed by atoms with Gasteiger partial charge in [0, 0.05) is 5.92 Å². The Kier molecular flexibility index (Phi) is 3.95. The average molecular weight is 280 g/mol. The Morgan fingerprint density at radius 3 is 1.95 bits per heavy atom. The van der Waals surface area contributed by atoms with Gasteiger partial charge in [-0.2, -0.15) is 0 Å². The molecule has 0 radical (unpaired) electrons. The number of carbonyl (C=O) groups is 1. The number of carbonyl (C=O) groups excluding carboxylic acids is 1. The van der Waals surface area contributed by atoms with E-state index in [1.54, 1.807) is 0 Å². The van der Waals surface area contributed by atoms with Crippen molar-refractivity contribution in [3.05, 3.63) is 83.9 Å². The van der Waals surface area contributed by atoms with Crippen LogP contribution in [0.5, 0.6) is 0 Å². The third-order valence-corrected chi connectivity index (χ3v) is 3.61. The third kappa shape index (κ3) is 2.94. The molecule has 3 nitrogen and oxygen atoms in total. The smallest absolute Gasteiger partial charge is 0.185 e. The first-order valence-corrected chi connectivity index (χ1v) is 6.91. The zero-order valence-electron chi connectivity index (χ0n) is 11.4.